The van der Waals surface area contributed by atoms with E-state index in [9.17, 15) is 4.79 Å². The van der Waals surface area contributed by atoms with Gasteiger partial charge in [-0.3, -0.25) is 4.79 Å². The van der Waals surface area contributed by atoms with E-state index in [1.807, 2.05) is 12.1 Å². The van der Waals surface area contributed by atoms with Crippen LogP contribution >= 0.6 is 0 Å². The second kappa shape index (κ2) is 7.23. The summed E-state index contributed by atoms with van der Waals surface area (Å²) in [6.45, 7) is 0.750. The van der Waals surface area contributed by atoms with Gasteiger partial charge in [0, 0.05) is 6.42 Å². The summed E-state index contributed by atoms with van der Waals surface area (Å²) in [5.41, 5.74) is 5.38. The Kier molecular flexibility index (Phi) is 5.78. The maximum Gasteiger partial charge on any atom is 0.140 e. The molecular formula is C12H19NO2. The van der Waals surface area contributed by atoms with Gasteiger partial charge in [0.15, 0.2) is 0 Å². The lowest BCUT2D eigenvalue weighted by molar-refractivity contribution is -0.118. The van der Waals surface area contributed by atoms with Gasteiger partial charge >= 0.3 is 0 Å². The smallest absolute Gasteiger partial charge is 0.140 e. The Morgan fingerprint density at radius 1 is 1.27 bits per heavy atom. The standard InChI is InChI=1S/C12H19NO2/c13-8-4-2-1-3-6-11(14)10-12-7-5-9-15-12/h5,7,9H,1-4,6,8,10,13H2. The van der Waals surface area contributed by atoms with Gasteiger partial charge in [0.2, 0.25) is 0 Å². The number of hydrogen-bond acceptors (Lipinski definition) is 3. The van der Waals surface area contributed by atoms with E-state index < -0.39 is 0 Å². The zero-order valence-corrected chi connectivity index (χ0v) is 9.08. The van der Waals surface area contributed by atoms with Crippen LogP contribution in [0.4, 0.5) is 0 Å². The molecule has 3 nitrogen and oxygen atoms in total. The predicted molar refractivity (Wildman–Crippen MR) is 59.6 cm³/mol. The molecule has 1 heterocycles. The number of unbranched alkanes of at least 4 members (excludes halogenated alkanes) is 3. The van der Waals surface area contributed by atoms with E-state index in [4.69, 9.17) is 10.2 Å². The Morgan fingerprint density at radius 3 is 2.73 bits per heavy atom. The second-order valence-electron chi connectivity index (χ2n) is 3.75. The summed E-state index contributed by atoms with van der Waals surface area (Å²) in [5, 5.41) is 0. The number of ketones is 1. The van der Waals surface area contributed by atoms with Crippen LogP contribution in [0.5, 0.6) is 0 Å². The van der Waals surface area contributed by atoms with Gasteiger partial charge in [-0.15, -0.1) is 0 Å². The van der Waals surface area contributed by atoms with E-state index in [0.29, 0.717) is 12.8 Å². The molecule has 1 aromatic rings. The molecule has 0 radical (unpaired) electrons. The number of carbonyl (C=O) groups excluding carboxylic acids is 1. The summed E-state index contributed by atoms with van der Waals surface area (Å²) in [6, 6.07) is 3.65. The highest BCUT2D eigenvalue weighted by molar-refractivity contribution is 5.80. The third-order valence-electron chi connectivity index (χ3n) is 2.36. The van der Waals surface area contributed by atoms with E-state index in [1.54, 1.807) is 6.26 Å². The Labute approximate surface area is 90.6 Å². The number of hydrogen-bond donors (Lipinski definition) is 1. The first-order valence-corrected chi connectivity index (χ1v) is 5.57. The second-order valence-corrected chi connectivity index (χ2v) is 3.75. The predicted octanol–water partition coefficient (Wildman–Crippen LogP) is 2.30. The van der Waals surface area contributed by atoms with Crippen LogP contribution in [0.25, 0.3) is 0 Å². The van der Waals surface area contributed by atoms with Crippen LogP contribution in [0.2, 0.25) is 0 Å². The highest BCUT2D eigenvalue weighted by atomic mass is 16.3. The molecule has 0 bridgehead atoms. The average Bonchev–Trinajstić information content (AvgIpc) is 2.70. The topological polar surface area (TPSA) is 56.2 Å². The number of nitrogens with two attached hydrogens (primary N) is 1. The first kappa shape index (κ1) is 12.0. The van der Waals surface area contributed by atoms with Gasteiger partial charge in [0.1, 0.15) is 11.5 Å². The normalized spacial score (nSPS) is 10.5. The summed E-state index contributed by atoms with van der Waals surface area (Å²) >= 11 is 0. The van der Waals surface area contributed by atoms with Crippen molar-refractivity contribution in [2.45, 2.75) is 38.5 Å². The Hall–Kier alpha value is -1.09. The zero-order valence-electron chi connectivity index (χ0n) is 9.08. The van der Waals surface area contributed by atoms with Crippen molar-refractivity contribution in [1.29, 1.82) is 0 Å². The highest BCUT2D eigenvalue weighted by Crippen LogP contribution is 2.07. The summed E-state index contributed by atoms with van der Waals surface area (Å²) < 4.78 is 5.11. The molecular weight excluding hydrogens is 190 g/mol. The number of carbonyl (C=O) groups is 1. The number of furan rings is 1. The largest absolute Gasteiger partial charge is 0.469 e. The molecule has 0 spiro atoms. The Balaban J connectivity index is 2.04. The van der Waals surface area contributed by atoms with Crippen molar-refractivity contribution in [2.24, 2.45) is 5.73 Å². The molecule has 0 aliphatic heterocycles. The van der Waals surface area contributed by atoms with E-state index in [0.717, 1.165) is 38.0 Å². The van der Waals surface area contributed by atoms with E-state index in [1.165, 1.54) is 0 Å². The maximum absolute atomic E-state index is 11.5. The van der Waals surface area contributed by atoms with Gasteiger partial charge in [-0.25, -0.2) is 0 Å². The SMILES string of the molecule is NCCCCCCC(=O)Cc1ccco1. The molecule has 1 rings (SSSR count). The van der Waals surface area contributed by atoms with Crippen molar-refractivity contribution in [3.8, 4) is 0 Å². The molecule has 0 atom stereocenters. The Bertz CT molecular complexity index is 267. The fourth-order valence-electron chi connectivity index (χ4n) is 1.52. The zero-order chi connectivity index (χ0) is 10.9. The molecule has 0 fully saturated rings. The van der Waals surface area contributed by atoms with E-state index >= 15 is 0 Å². The van der Waals surface area contributed by atoms with Crippen molar-refractivity contribution in [2.75, 3.05) is 6.54 Å². The molecule has 2 N–H and O–H groups in total. The molecule has 15 heavy (non-hydrogen) atoms. The summed E-state index contributed by atoms with van der Waals surface area (Å²) in [5.74, 6) is 1.03. The minimum absolute atomic E-state index is 0.262. The molecule has 0 saturated heterocycles. The van der Waals surface area contributed by atoms with Gasteiger partial charge in [-0.05, 0) is 31.5 Å². The van der Waals surface area contributed by atoms with Gasteiger partial charge in [0.05, 0.1) is 12.7 Å². The van der Waals surface area contributed by atoms with Gasteiger partial charge in [0.25, 0.3) is 0 Å². The molecule has 0 aliphatic carbocycles. The average molecular weight is 209 g/mol. The fourth-order valence-corrected chi connectivity index (χ4v) is 1.52. The van der Waals surface area contributed by atoms with Crippen molar-refractivity contribution in [1.82, 2.24) is 0 Å². The minimum Gasteiger partial charge on any atom is -0.469 e. The Morgan fingerprint density at radius 2 is 2.07 bits per heavy atom. The molecule has 0 aliphatic rings. The molecule has 1 aromatic heterocycles. The third-order valence-corrected chi connectivity index (χ3v) is 2.36. The highest BCUT2D eigenvalue weighted by Gasteiger charge is 2.05. The summed E-state index contributed by atoms with van der Waals surface area (Å²) in [4.78, 5) is 11.5. The fraction of sp³-hybridized carbons (Fsp3) is 0.583. The van der Waals surface area contributed by atoms with Crippen LogP contribution < -0.4 is 5.73 Å². The first-order valence-electron chi connectivity index (χ1n) is 5.57. The van der Waals surface area contributed by atoms with Crippen LogP contribution in [0.1, 0.15) is 37.9 Å². The van der Waals surface area contributed by atoms with Gasteiger partial charge < -0.3 is 10.2 Å². The molecule has 3 heteroatoms. The van der Waals surface area contributed by atoms with Crippen molar-refractivity contribution >= 4 is 5.78 Å². The van der Waals surface area contributed by atoms with Crippen molar-refractivity contribution in [3.63, 3.8) is 0 Å². The van der Waals surface area contributed by atoms with Crippen LogP contribution in [-0.2, 0) is 11.2 Å². The molecule has 0 unspecified atom stereocenters. The quantitative estimate of drug-likeness (QED) is 0.668. The summed E-state index contributed by atoms with van der Waals surface area (Å²) in [6.07, 6.45) is 6.95. The summed E-state index contributed by atoms with van der Waals surface area (Å²) in [7, 11) is 0. The van der Waals surface area contributed by atoms with E-state index in [2.05, 4.69) is 0 Å². The van der Waals surface area contributed by atoms with Crippen LogP contribution in [-0.4, -0.2) is 12.3 Å². The van der Waals surface area contributed by atoms with Gasteiger partial charge in [-0.1, -0.05) is 12.8 Å². The van der Waals surface area contributed by atoms with Crippen LogP contribution in [0.15, 0.2) is 22.8 Å². The number of Topliss-reactive ketones (excluding diaryl/α,β-unsaturated/α-hetero) is 1. The lowest BCUT2D eigenvalue weighted by atomic mass is 10.1. The van der Waals surface area contributed by atoms with Gasteiger partial charge in [-0.2, -0.15) is 0 Å². The van der Waals surface area contributed by atoms with Crippen LogP contribution in [0.3, 0.4) is 0 Å². The molecule has 0 aromatic carbocycles. The monoisotopic (exact) mass is 209 g/mol. The molecule has 0 amide bonds. The first-order chi connectivity index (χ1) is 7.33. The lowest BCUT2D eigenvalue weighted by Gasteiger charge is -1.99. The molecule has 84 valence electrons. The minimum atomic E-state index is 0.262. The van der Waals surface area contributed by atoms with Crippen LogP contribution in [0, 0.1) is 0 Å². The van der Waals surface area contributed by atoms with E-state index in [-0.39, 0.29) is 5.78 Å². The van der Waals surface area contributed by atoms with Crippen molar-refractivity contribution < 1.29 is 9.21 Å². The lowest BCUT2D eigenvalue weighted by Crippen LogP contribution is -2.02. The number of rotatable bonds is 8. The maximum atomic E-state index is 11.5. The molecule has 0 saturated carbocycles. The third kappa shape index (κ3) is 5.37. The van der Waals surface area contributed by atoms with Crippen molar-refractivity contribution in [3.05, 3.63) is 24.2 Å².